The van der Waals surface area contributed by atoms with Gasteiger partial charge in [0.1, 0.15) is 16.8 Å². The van der Waals surface area contributed by atoms with E-state index in [1.807, 2.05) is 0 Å². The van der Waals surface area contributed by atoms with E-state index in [1.165, 1.54) is 7.11 Å². The van der Waals surface area contributed by atoms with E-state index in [4.69, 9.17) is 28.4 Å². The average Bonchev–Trinajstić information content (AvgIpc) is 3.41. The monoisotopic (exact) mass is 532 g/mol. The van der Waals surface area contributed by atoms with Crippen molar-refractivity contribution in [2.45, 2.75) is 101 Å². The lowest BCUT2D eigenvalue weighted by Gasteiger charge is -2.47. The van der Waals surface area contributed by atoms with Crippen LogP contribution in [0.3, 0.4) is 0 Å². The fourth-order valence-corrected chi connectivity index (χ4v) is 9.91. The van der Waals surface area contributed by atoms with Gasteiger partial charge < -0.3 is 28.4 Å². The predicted octanol–water partition coefficient (Wildman–Crippen LogP) is 3.31. The van der Waals surface area contributed by atoms with Gasteiger partial charge in [-0.2, -0.15) is 0 Å². The summed E-state index contributed by atoms with van der Waals surface area (Å²) in [6.07, 6.45) is 8.07. The number of carbonyl (C=O) groups excluding carboxylic acids is 3. The van der Waals surface area contributed by atoms with Gasteiger partial charge in [-0.1, -0.05) is 0 Å². The highest BCUT2D eigenvalue weighted by atomic mass is 16.7. The Kier molecular flexibility index (Phi) is 6.19. The molecule has 3 saturated heterocycles. The van der Waals surface area contributed by atoms with Crippen LogP contribution >= 0.6 is 0 Å². The molecule has 0 aromatic rings. The third kappa shape index (κ3) is 3.40. The first-order valence-corrected chi connectivity index (χ1v) is 14.8. The molecular formula is C29H40O9. The predicted molar refractivity (Wildman–Crippen MR) is 130 cm³/mol. The summed E-state index contributed by atoms with van der Waals surface area (Å²) in [7, 11) is 1.41. The molecule has 4 bridgehead atoms. The molecule has 0 amide bonds. The van der Waals surface area contributed by atoms with Gasteiger partial charge in [-0.3, -0.25) is 14.4 Å². The normalized spacial score (nSPS) is 49.3. The number of Topliss-reactive ketones (excluding diaryl/α,β-unsaturated/α-hetero) is 1. The maximum absolute atomic E-state index is 14.2. The number of ether oxygens (including phenoxy) is 6. The van der Waals surface area contributed by atoms with Gasteiger partial charge in [0.2, 0.25) is 0 Å². The van der Waals surface area contributed by atoms with Gasteiger partial charge in [0.25, 0.3) is 0 Å². The first kappa shape index (κ1) is 25.4. The molecule has 3 aliphatic heterocycles. The number of carbonyl (C=O) groups is 3. The van der Waals surface area contributed by atoms with Crippen molar-refractivity contribution in [2.75, 3.05) is 26.9 Å². The largest absolute Gasteiger partial charge is 0.469 e. The van der Waals surface area contributed by atoms with Crippen LogP contribution in [-0.2, 0) is 42.8 Å². The summed E-state index contributed by atoms with van der Waals surface area (Å²) < 4.78 is 36.8. The second-order valence-corrected chi connectivity index (χ2v) is 12.8. The van der Waals surface area contributed by atoms with Crippen molar-refractivity contribution in [3.63, 3.8) is 0 Å². The van der Waals surface area contributed by atoms with E-state index in [2.05, 4.69) is 0 Å². The molecule has 10 atom stereocenters. The van der Waals surface area contributed by atoms with Crippen LogP contribution in [0, 0.1) is 34.5 Å². The highest BCUT2D eigenvalue weighted by Crippen LogP contribution is 2.77. The molecule has 7 aliphatic rings. The second kappa shape index (κ2) is 9.25. The van der Waals surface area contributed by atoms with Crippen LogP contribution in [0.5, 0.6) is 0 Å². The van der Waals surface area contributed by atoms with Crippen LogP contribution < -0.4 is 0 Å². The van der Waals surface area contributed by atoms with Crippen LogP contribution in [0.15, 0.2) is 0 Å². The standard InChI is InChI=1S/C29H40O9/c1-33-25(31)23-24-28(16-36-21-6-2-4-12-34-21)20(37-22-7-3-5-13-35-22)10-11-29(24,38-26(28)32)19-9-8-17-14-27(19,23)15-18(17)30/h17,19-24H,2-16H2,1H3/t17-,19-,20+,21?,22?,23-,24-,27-,28+,29-/m1/s1. The minimum Gasteiger partial charge on any atom is -0.469 e. The first-order valence-electron chi connectivity index (χ1n) is 14.8. The molecule has 9 nitrogen and oxygen atoms in total. The lowest BCUT2D eigenvalue weighted by Crippen LogP contribution is -2.59. The molecule has 9 heteroatoms. The summed E-state index contributed by atoms with van der Waals surface area (Å²) in [5.74, 6) is -1.61. The first-order chi connectivity index (χ1) is 18.4. The molecule has 38 heavy (non-hydrogen) atoms. The minimum absolute atomic E-state index is 0.0188. The third-order valence-electron chi connectivity index (χ3n) is 11.3. The van der Waals surface area contributed by atoms with Crippen molar-refractivity contribution in [1.82, 2.24) is 0 Å². The maximum atomic E-state index is 14.2. The number of methoxy groups -OCH3 is 1. The molecule has 0 N–H and O–H groups in total. The number of rotatable bonds is 6. The fraction of sp³-hybridized carbons (Fsp3) is 0.897. The van der Waals surface area contributed by atoms with Crippen LogP contribution in [-0.4, -0.2) is 68.9 Å². The van der Waals surface area contributed by atoms with Gasteiger partial charge in [0.05, 0.1) is 25.7 Å². The molecule has 0 aromatic heterocycles. The summed E-state index contributed by atoms with van der Waals surface area (Å²) in [6.45, 7) is 1.33. The van der Waals surface area contributed by atoms with Crippen molar-refractivity contribution < 1.29 is 42.8 Å². The van der Waals surface area contributed by atoms with Crippen molar-refractivity contribution in [1.29, 1.82) is 0 Å². The summed E-state index contributed by atoms with van der Waals surface area (Å²) in [5, 5.41) is 0. The Morgan fingerprint density at radius 2 is 1.74 bits per heavy atom. The summed E-state index contributed by atoms with van der Waals surface area (Å²) in [6, 6.07) is 0. The van der Waals surface area contributed by atoms with E-state index in [0.29, 0.717) is 38.9 Å². The van der Waals surface area contributed by atoms with Gasteiger partial charge in [0.15, 0.2) is 12.6 Å². The van der Waals surface area contributed by atoms with Crippen molar-refractivity contribution >= 4 is 17.7 Å². The number of ketones is 1. The Bertz CT molecular complexity index is 987. The highest BCUT2D eigenvalue weighted by Gasteiger charge is 2.85. The minimum atomic E-state index is -1.19. The molecular weight excluding hydrogens is 492 g/mol. The molecule has 1 spiro atoms. The van der Waals surface area contributed by atoms with Crippen LogP contribution in [0.4, 0.5) is 0 Å². The molecule has 3 heterocycles. The second-order valence-electron chi connectivity index (χ2n) is 12.8. The number of hydrogen-bond donors (Lipinski definition) is 0. The van der Waals surface area contributed by atoms with Crippen LogP contribution in [0.25, 0.3) is 0 Å². The smallest absolute Gasteiger partial charge is 0.318 e. The lowest BCUT2D eigenvalue weighted by molar-refractivity contribution is -0.248. The van der Waals surface area contributed by atoms with Gasteiger partial charge >= 0.3 is 11.9 Å². The Hall–Kier alpha value is -1.55. The maximum Gasteiger partial charge on any atom is 0.318 e. The molecule has 0 radical (unpaired) electrons. The molecule has 4 aliphatic carbocycles. The fourth-order valence-electron chi connectivity index (χ4n) is 9.91. The SMILES string of the molecule is COC(=O)[C@H]1[C@H]2[C@@]3(CC[C@H](OC4CCCCO4)[C@]2(COC2CCCCO2)C(=O)O3)[C@@H]2CC[C@@H]3C[C@@]21CC3=O. The molecule has 4 saturated carbocycles. The Morgan fingerprint density at radius 3 is 2.45 bits per heavy atom. The number of hydrogen-bond acceptors (Lipinski definition) is 9. The summed E-state index contributed by atoms with van der Waals surface area (Å²) >= 11 is 0. The van der Waals surface area contributed by atoms with E-state index < -0.39 is 47.0 Å². The Labute approximate surface area is 223 Å². The average molecular weight is 533 g/mol. The van der Waals surface area contributed by atoms with Gasteiger partial charge in [-0.25, -0.2) is 0 Å². The molecule has 7 fully saturated rings. The van der Waals surface area contributed by atoms with E-state index >= 15 is 0 Å². The van der Waals surface area contributed by atoms with Crippen LogP contribution in [0.2, 0.25) is 0 Å². The molecule has 7 rings (SSSR count). The zero-order chi connectivity index (χ0) is 26.1. The summed E-state index contributed by atoms with van der Waals surface area (Å²) in [5.41, 5.74) is -2.54. The van der Waals surface area contributed by atoms with Crippen LogP contribution in [0.1, 0.15) is 77.0 Å². The van der Waals surface area contributed by atoms with Crippen molar-refractivity contribution in [2.24, 2.45) is 34.5 Å². The zero-order valence-corrected chi connectivity index (χ0v) is 22.3. The van der Waals surface area contributed by atoms with E-state index in [1.54, 1.807) is 0 Å². The van der Waals surface area contributed by atoms with Crippen molar-refractivity contribution in [3.8, 4) is 0 Å². The Balaban J connectivity index is 1.32. The van der Waals surface area contributed by atoms with Gasteiger partial charge in [0, 0.05) is 37.4 Å². The van der Waals surface area contributed by atoms with Crippen molar-refractivity contribution in [3.05, 3.63) is 0 Å². The Morgan fingerprint density at radius 1 is 0.974 bits per heavy atom. The van der Waals surface area contributed by atoms with Gasteiger partial charge in [-0.15, -0.1) is 0 Å². The molecule has 210 valence electrons. The van der Waals surface area contributed by atoms with Gasteiger partial charge in [-0.05, 0) is 76.0 Å². The number of esters is 2. The molecule has 2 unspecified atom stereocenters. The van der Waals surface area contributed by atoms with E-state index in [-0.39, 0.29) is 36.2 Å². The van der Waals surface area contributed by atoms with E-state index in [9.17, 15) is 14.4 Å². The number of fused-ring (bicyclic) bond motifs is 1. The lowest BCUT2D eigenvalue weighted by atomic mass is 9.58. The highest BCUT2D eigenvalue weighted by molar-refractivity contribution is 5.90. The third-order valence-corrected chi connectivity index (χ3v) is 11.3. The van der Waals surface area contributed by atoms with E-state index in [0.717, 1.165) is 51.4 Å². The topological polar surface area (TPSA) is 107 Å². The molecule has 0 aromatic carbocycles. The zero-order valence-electron chi connectivity index (χ0n) is 22.3. The quantitative estimate of drug-likeness (QED) is 0.476. The summed E-state index contributed by atoms with van der Waals surface area (Å²) in [4.78, 5) is 41.1.